The number of nitro benzene ring substituents is 1. The number of non-ortho nitro benzene ring substituents is 1. The second-order valence-corrected chi connectivity index (χ2v) is 8.49. The van der Waals surface area contributed by atoms with Crippen LogP contribution in [0.4, 0.5) is 97.9 Å². The van der Waals surface area contributed by atoms with E-state index in [-0.39, 0.29) is 0 Å². The number of hydrogen-bond donors (Lipinski definition) is 0. The van der Waals surface area contributed by atoms with Crippen molar-refractivity contribution in [3.8, 4) is 0 Å². The van der Waals surface area contributed by atoms with Crippen molar-refractivity contribution in [1.82, 2.24) is 0 Å². The van der Waals surface area contributed by atoms with Gasteiger partial charge in [-0.3, -0.25) is 10.1 Å². The van der Waals surface area contributed by atoms with Gasteiger partial charge < -0.3 is 4.74 Å². The predicted octanol–water partition coefficient (Wildman–Crippen LogP) is 8.42. The van der Waals surface area contributed by atoms with E-state index < -0.39 is 94.7 Å². The summed E-state index contributed by atoms with van der Waals surface area (Å²) in [6.45, 7) is -2.31. The van der Waals surface area contributed by atoms with Gasteiger partial charge >= 0.3 is 65.4 Å². The van der Waals surface area contributed by atoms with Crippen molar-refractivity contribution in [3.63, 3.8) is 0 Å². The Morgan fingerprint density at radius 2 is 0.956 bits per heavy atom. The zero-order chi connectivity index (χ0) is 36.3. The Labute approximate surface area is 232 Å². The predicted molar refractivity (Wildman–Crippen MR) is 98.6 cm³/mol. The summed E-state index contributed by atoms with van der Waals surface area (Å²) in [5.74, 6) is -80.1. The quantitative estimate of drug-likeness (QED) is 0.0892. The second-order valence-electron chi connectivity index (χ2n) is 8.49. The first-order chi connectivity index (χ1) is 19.5. The van der Waals surface area contributed by atoms with E-state index in [9.17, 15) is 107 Å². The summed E-state index contributed by atoms with van der Waals surface area (Å²) in [5, 5.41) is 10.6. The number of carbonyl (C=O) groups excluding carboxylic acids is 1. The van der Waals surface area contributed by atoms with Gasteiger partial charge in [0.15, 0.2) is 0 Å². The molecule has 0 aliphatic rings. The Hall–Kier alpha value is -3.38. The van der Waals surface area contributed by atoms with Gasteiger partial charge in [-0.1, -0.05) is 6.07 Å². The van der Waals surface area contributed by atoms with Gasteiger partial charge in [-0.15, -0.1) is 0 Å². The number of hydrogen-bond acceptors (Lipinski definition) is 4. The van der Waals surface area contributed by atoms with Crippen LogP contribution in [0.3, 0.4) is 0 Å². The molecule has 0 aliphatic heterocycles. The Balaban J connectivity index is 3.47. The van der Waals surface area contributed by atoms with Gasteiger partial charge in [0.1, 0.15) is 0 Å². The highest BCUT2D eigenvalue weighted by Gasteiger charge is 2.97. The van der Waals surface area contributed by atoms with E-state index in [1.165, 1.54) is 0 Å². The molecule has 0 N–H and O–H groups in total. The van der Waals surface area contributed by atoms with Gasteiger partial charge in [0.25, 0.3) is 5.69 Å². The molecule has 0 aliphatic carbocycles. The van der Waals surface area contributed by atoms with Crippen molar-refractivity contribution in [3.05, 3.63) is 39.9 Å². The monoisotopic (exact) mass is 713 g/mol. The van der Waals surface area contributed by atoms with E-state index in [4.69, 9.17) is 0 Å². The van der Waals surface area contributed by atoms with E-state index >= 15 is 0 Å². The fraction of sp³-hybridized carbons (Fsp3) is 0.632. The molecule has 1 aromatic rings. The topological polar surface area (TPSA) is 69.4 Å². The molecule has 0 saturated carbocycles. The Kier molecular flexibility index (Phi) is 9.82. The first-order valence-electron chi connectivity index (χ1n) is 10.4. The number of nitrogens with zero attached hydrogens (tertiary/aromatic N) is 1. The molecule has 0 bridgehead atoms. The van der Waals surface area contributed by atoms with Gasteiger partial charge in [-0.05, 0) is 6.07 Å². The minimum atomic E-state index is -9.27. The Morgan fingerprint density at radius 3 is 1.31 bits per heavy atom. The molecule has 260 valence electrons. The summed E-state index contributed by atoms with van der Waals surface area (Å²) in [6.07, 6.45) is -11.2. The molecule has 0 spiro atoms. The maximum Gasteiger partial charge on any atom is 0.460 e. The molecule has 0 radical (unpaired) electrons. The summed E-state index contributed by atoms with van der Waals surface area (Å²) < 4.78 is 284. The lowest BCUT2D eigenvalue weighted by atomic mass is 9.86. The van der Waals surface area contributed by atoms with Crippen molar-refractivity contribution in [2.24, 2.45) is 0 Å². The molecular weight excluding hydrogens is 705 g/mol. The van der Waals surface area contributed by atoms with Crippen molar-refractivity contribution >= 4 is 11.7 Å². The highest BCUT2D eigenvalue weighted by molar-refractivity contribution is 5.90. The molecule has 0 unspecified atom stereocenters. The van der Waals surface area contributed by atoms with Gasteiger partial charge in [0, 0.05) is 12.1 Å². The van der Waals surface area contributed by atoms with Crippen LogP contribution in [0.15, 0.2) is 24.3 Å². The lowest BCUT2D eigenvalue weighted by Gasteiger charge is -2.44. The van der Waals surface area contributed by atoms with Crippen LogP contribution in [0, 0.1) is 10.1 Å². The average Bonchev–Trinajstić information content (AvgIpc) is 2.86. The molecule has 1 aromatic carbocycles. The van der Waals surface area contributed by atoms with Crippen molar-refractivity contribution in [1.29, 1.82) is 0 Å². The number of carbonyl (C=O) groups is 1. The van der Waals surface area contributed by atoms with Gasteiger partial charge in [0.2, 0.25) is 0 Å². The molecule has 1 rings (SSSR count). The van der Waals surface area contributed by atoms with E-state index in [1.807, 2.05) is 0 Å². The van der Waals surface area contributed by atoms with E-state index in [2.05, 4.69) is 4.74 Å². The first-order valence-corrected chi connectivity index (χ1v) is 10.4. The molecule has 0 atom stereocenters. The number of rotatable bonds is 13. The number of nitro groups is 1. The Bertz CT molecular complexity index is 1270. The summed E-state index contributed by atoms with van der Waals surface area (Å²) in [6, 6.07) is 2.42. The first kappa shape index (κ1) is 39.6. The van der Waals surface area contributed by atoms with Crippen LogP contribution in [0.25, 0.3) is 0 Å². The summed E-state index contributed by atoms with van der Waals surface area (Å²) in [5.41, 5.74) is -1.83. The molecule has 0 heterocycles. The van der Waals surface area contributed by atoms with E-state index in [0.717, 1.165) is 6.07 Å². The van der Waals surface area contributed by atoms with Crippen LogP contribution in [0.2, 0.25) is 0 Å². The third-order valence-corrected chi connectivity index (χ3v) is 5.52. The second kappa shape index (κ2) is 11.2. The number of ether oxygens (including phenoxy) is 1. The van der Waals surface area contributed by atoms with Gasteiger partial charge in [-0.25, -0.2) is 4.79 Å². The van der Waals surface area contributed by atoms with Crippen molar-refractivity contribution in [2.45, 2.75) is 65.9 Å². The molecule has 26 heteroatoms. The molecule has 5 nitrogen and oxygen atoms in total. The third-order valence-electron chi connectivity index (χ3n) is 5.52. The van der Waals surface area contributed by atoms with E-state index in [1.54, 1.807) is 0 Å². The number of alkyl halides is 21. The van der Waals surface area contributed by atoms with Crippen LogP contribution < -0.4 is 0 Å². The summed E-state index contributed by atoms with van der Waals surface area (Å²) >= 11 is 0. The summed E-state index contributed by atoms with van der Waals surface area (Å²) in [4.78, 5) is 21.1. The third kappa shape index (κ3) is 5.75. The lowest BCUT2D eigenvalue weighted by molar-refractivity contribution is -0.474. The smallest absolute Gasteiger partial charge is 0.460 e. The summed E-state index contributed by atoms with van der Waals surface area (Å²) in [7, 11) is 0. The number of benzene rings is 1. The largest absolute Gasteiger partial charge is 0.462 e. The van der Waals surface area contributed by atoms with Gasteiger partial charge in [0.05, 0.1) is 23.5 Å². The van der Waals surface area contributed by atoms with Crippen LogP contribution >= 0.6 is 0 Å². The SMILES string of the molecule is O=C(OCCC(F)(F)C(F)(F)C(F)(F)C(F)(F)C(F)(F)C(F)(F)C(F)(F)C(F)(F)C(F)(F)C(F)(F)F)c1cccc([N+](=O)[O-])c1. The number of halogens is 21. The van der Waals surface area contributed by atoms with Crippen molar-refractivity contribution < 1.29 is 107 Å². The maximum atomic E-state index is 13.9. The highest BCUT2D eigenvalue weighted by atomic mass is 19.4. The number of esters is 1. The average molecular weight is 713 g/mol. The van der Waals surface area contributed by atoms with Crippen LogP contribution in [-0.2, 0) is 4.74 Å². The van der Waals surface area contributed by atoms with E-state index in [0.29, 0.717) is 18.2 Å². The lowest BCUT2D eigenvalue weighted by Crippen LogP contribution is -2.76. The van der Waals surface area contributed by atoms with Crippen molar-refractivity contribution in [2.75, 3.05) is 6.61 Å². The van der Waals surface area contributed by atoms with Gasteiger partial charge in [-0.2, -0.15) is 92.2 Å². The molecule has 0 aromatic heterocycles. The zero-order valence-corrected chi connectivity index (χ0v) is 20.2. The normalized spacial score (nSPS) is 15.2. The molecule has 0 saturated heterocycles. The molecular formula is C19H8F21NO4. The minimum Gasteiger partial charge on any atom is -0.462 e. The molecule has 0 amide bonds. The molecule has 45 heavy (non-hydrogen) atoms. The standard InChI is InChI=1S/C19H8F21NO4/c20-10(21,4-5-45-9(42)7-2-1-3-8(6-7)41(43)44)11(22,23)12(24,25)13(26,27)14(28,29)15(30,31)16(32,33)17(34,35)18(36,37)19(38,39)40/h1-3,6H,4-5H2. The Morgan fingerprint density at radius 1 is 0.600 bits per heavy atom. The van der Waals surface area contributed by atoms with Crippen LogP contribution in [-0.4, -0.2) is 77.0 Å². The van der Waals surface area contributed by atoms with Crippen LogP contribution in [0.1, 0.15) is 16.8 Å². The highest BCUT2D eigenvalue weighted by Crippen LogP contribution is 2.66. The fourth-order valence-electron chi connectivity index (χ4n) is 2.85. The zero-order valence-electron chi connectivity index (χ0n) is 20.2. The maximum absolute atomic E-state index is 13.9. The minimum absolute atomic E-state index is 0.343. The fourth-order valence-corrected chi connectivity index (χ4v) is 2.85. The molecule has 0 fully saturated rings. The van der Waals surface area contributed by atoms with Crippen LogP contribution in [0.5, 0.6) is 0 Å².